The standard InChI is InChI=1S/C10H12O/c1-3-10(11-2)9-7-5-4-6-8-9/h3-8,10H,1H2,2H3. The summed E-state index contributed by atoms with van der Waals surface area (Å²) < 4.78 is 5.17. The molecule has 0 saturated carbocycles. The fourth-order valence-corrected chi connectivity index (χ4v) is 1.01. The molecule has 0 spiro atoms. The van der Waals surface area contributed by atoms with Crippen LogP contribution in [0.3, 0.4) is 0 Å². The molecular weight excluding hydrogens is 136 g/mol. The predicted octanol–water partition coefficient (Wildman–Crippen LogP) is 2.56. The number of hydrogen-bond donors (Lipinski definition) is 0. The molecular formula is C10H12O. The smallest absolute Gasteiger partial charge is 0.1000 e. The third kappa shape index (κ3) is 1.92. The second-order valence-corrected chi connectivity index (χ2v) is 2.30. The number of hydrogen-bond acceptors (Lipinski definition) is 1. The Morgan fingerprint density at radius 2 is 2.00 bits per heavy atom. The molecule has 11 heavy (non-hydrogen) atoms. The van der Waals surface area contributed by atoms with Gasteiger partial charge >= 0.3 is 0 Å². The molecule has 0 bridgehead atoms. The van der Waals surface area contributed by atoms with Crippen LogP contribution < -0.4 is 0 Å². The molecule has 0 aliphatic heterocycles. The van der Waals surface area contributed by atoms with Gasteiger partial charge in [-0.2, -0.15) is 0 Å². The zero-order chi connectivity index (χ0) is 8.10. The van der Waals surface area contributed by atoms with Crippen molar-refractivity contribution in [3.05, 3.63) is 48.6 Å². The number of benzene rings is 1. The summed E-state index contributed by atoms with van der Waals surface area (Å²) in [4.78, 5) is 0. The van der Waals surface area contributed by atoms with Crippen molar-refractivity contribution in [1.29, 1.82) is 0 Å². The van der Waals surface area contributed by atoms with Crippen molar-refractivity contribution in [2.24, 2.45) is 0 Å². The lowest BCUT2D eigenvalue weighted by molar-refractivity contribution is 0.143. The minimum Gasteiger partial charge on any atom is -0.373 e. The van der Waals surface area contributed by atoms with Crippen molar-refractivity contribution < 1.29 is 4.74 Å². The summed E-state index contributed by atoms with van der Waals surface area (Å²) in [5.74, 6) is 0. The summed E-state index contributed by atoms with van der Waals surface area (Å²) >= 11 is 0. The van der Waals surface area contributed by atoms with E-state index < -0.39 is 0 Å². The summed E-state index contributed by atoms with van der Waals surface area (Å²) in [6.07, 6.45) is 1.81. The van der Waals surface area contributed by atoms with Crippen LogP contribution in [0.4, 0.5) is 0 Å². The van der Waals surface area contributed by atoms with Crippen LogP contribution >= 0.6 is 0 Å². The molecule has 58 valence electrons. The van der Waals surface area contributed by atoms with Gasteiger partial charge in [-0.05, 0) is 5.56 Å². The van der Waals surface area contributed by atoms with Crippen molar-refractivity contribution in [3.63, 3.8) is 0 Å². The minimum absolute atomic E-state index is 0.0243. The quantitative estimate of drug-likeness (QED) is 0.598. The number of rotatable bonds is 3. The van der Waals surface area contributed by atoms with Crippen molar-refractivity contribution in [2.45, 2.75) is 6.10 Å². The van der Waals surface area contributed by atoms with E-state index in [1.807, 2.05) is 30.3 Å². The van der Waals surface area contributed by atoms with Gasteiger partial charge in [0, 0.05) is 7.11 Å². The zero-order valence-corrected chi connectivity index (χ0v) is 6.66. The van der Waals surface area contributed by atoms with E-state index in [0.29, 0.717) is 0 Å². The third-order valence-corrected chi connectivity index (χ3v) is 1.60. The first-order valence-corrected chi connectivity index (χ1v) is 3.58. The Morgan fingerprint density at radius 1 is 1.36 bits per heavy atom. The Labute approximate surface area is 67.3 Å². The Kier molecular flexibility index (Phi) is 2.87. The van der Waals surface area contributed by atoms with Crippen LogP contribution in [-0.2, 0) is 4.74 Å². The molecule has 1 rings (SSSR count). The minimum atomic E-state index is 0.0243. The van der Waals surface area contributed by atoms with E-state index in [1.54, 1.807) is 13.2 Å². The normalized spacial score (nSPS) is 12.5. The van der Waals surface area contributed by atoms with Gasteiger partial charge in [0.15, 0.2) is 0 Å². The molecule has 1 nitrogen and oxygen atoms in total. The lowest BCUT2D eigenvalue weighted by Gasteiger charge is -2.09. The molecule has 0 fully saturated rings. The summed E-state index contributed by atoms with van der Waals surface area (Å²) in [7, 11) is 1.68. The number of methoxy groups -OCH3 is 1. The van der Waals surface area contributed by atoms with Crippen LogP contribution in [0.1, 0.15) is 11.7 Å². The Morgan fingerprint density at radius 3 is 2.45 bits per heavy atom. The zero-order valence-electron chi connectivity index (χ0n) is 6.66. The lowest BCUT2D eigenvalue weighted by atomic mass is 10.1. The summed E-state index contributed by atoms with van der Waals surface area (Å²) in [6.45, 7) is 3.68. The van der Waals surface area contributed by atoms with Crippen LogP contribution in [0.5, 0.6) is 0 Å². The van der Waals surface area contributed by atoms with Gasteiger partial charge in [-0.25, -0.2) is 0 Å². The number of ether oxygens (including phenoxy) is 1. The first kappa shape index (κ1) is 8.02. The second-order valence-electron chi connectivity index (χ2n) is 2.30. The molecule has 0 amide bonds. The molecule has 0 saturated heterocycles. The second kappa shape index (κ2) is 3.94. The predicted molar refractivity (Wildman–Crippen MR) is 46.4 cm³/mol. The van der Waals surface area contributed by atoms with Gasteiger partial charge in [0.1, 0.15) is 0 Å². The molecule has 0 aliphatic carbocycles. The first-order chi connectivity index (χ1) is 5.38. The molecule has 0 heterocycles. The average Bonchev–Trinajstić information content (AvgIpc) is 2.09. The highest BCUT2D eigenvalue weighted by atomic mass is 16.5. The molecule has 0 N–H and O–H groups in total. The van der Waals surface area contributed by atoms with E-state index in [0.717, 1.165) is 5.56 Å². The Bertz CT molecular complexity index is 216. The van der Waals surface area contributed by atoms with E-state index >= 15 is 0 Å². The molecule has 0 aromatic heterocycles. The largest absolute Gasteiger partial charge is 0.373 e. The molecule has 1 unspecified atom stereocenters. The van der Waals surface area contributed by atoms with Crippen molar-refractivity contribution in [1.82, 2.24) is 0 Å². The maximum Gasteiger partial charge on any atom is 0.1000 e. The van der Waals surface area contributed by atoms with Crippen LogP contribution in [-0.4, -0.2) is 7.11 Å². The molecule has 1 aromatic rings. The highest BCUT2D eigenvalue weighted by Gasteiger charge is 2.02. The van der Waals surface area contributed by atoms with Gasteiger partial charge < -0.3 is 4.74 Å². The van der Waals surface area contributed by atoms with E-state index in [9.17, 15) is 0 Å². The van der Waals surface area contributed by atoms with Crippen LogP contribution in [0.15, 0.2) is 43.0 Å². The van der Waals surface area contributed by atoms with Crippen LogP contribution in [0, 0.1) is 0 Å². The Hall–Kier alpha value is -1.08. The maximum atomic E-state index is 5.17. The Balaban J connectivity index is 2.82. The molecule has 1 atom stereocenters. The summed E-state index contributed by atoms with van der Waals surface area (Å²) in [5, 5.41) is 0. The van der Waals surface area contributed by atoms with Crippen molar-refractivity contribution in [3.8, 4) is 0 Å². The topological polar surface area (TPSA) is 9.23 Å². The summed E-state index contributed by atoms with van der Waals surface area (Å²) in [5.41, 5.74) is 1.14. The molecule has 1 heteroatoms. The van der Waals surface area contributed by atoms with Gasteiger partial charge in [0.25, 0.3) is 0 Å². The monoisotopic (exact) mass is 148 g/mol. The van der Waals surface area contributed by atoms with E-state index in [2.05, 4.69) is 6.58 Å². The van der Waals surface area contributed by atoms with Gasteiger partial charge in [-0.1, -0.05) is 36.4 Å². The lowest BCUT2D eigenvalue weighted by Crippen LogP contribution is -1.95. The van der Waals surface area contributed by atoms with Gasteiger partial charge in [0.05, 0.1) is 6.10 Å². The van der Waals surface area contributed by atoms with Gasteiger partial charge in [0.2, 0.25) is 0 Å². The fourth-order valence-electron chi connectivity index (χ4n) is 1.01. The molecule has 0 aliphatic rings. The highest BCUT2D eigenvalue weighted by Crippen LogP contribution is 2.15. The third-order valence-electron chi connectivity index (χ3n) is 1.60. The highest BCUT2D eigenvalue weighted by molar-refractivity contribution is 5.20. The van der Waals surface area contributed by atoms with Gasteiger partial charge in [-0.3, -0.25) is 0 Å². The van der Waals surface area contributed by atoms with Crippen molar-refractivity contribution >= 4 is 0 Å². The van der Waals surface area contributed by atoms with Gasteiger partial charge in [-0.15, -0.1) is 6.58 Å². The average molecular weight is 148 g/mol. The summed E-state index contributed by atoms with van der Waals surface area (Å²) in [6, 6.07) is 10.0. The van der Waals surface area contributed by atoms with Crippen LogP contribution in [0.25, 0.3) is 0 Å². The maximum absolute atomic E-state index is 5.17. The van der Waals surface area contributed by atoms with E-state index in [4.69, 9.17) is 4.74 Å². The van der Waals surface area contributed by atoms with Crippen molar-refractivity contribution in [2.75, 3.05) is 7.11 Å². The first-order valence-electron chi connectivity index (χ1n) is 3.58. The SMILES string of the molecule is C=CC(OC)c1ccccc1. The van der Waals surface area contributed by atoms with E-state index in [-0.39, 0.29) is 6.10 Å². The fraction of sp³-hybridized carbons (Fsp3) is 0.200. The van der Waals surface area contributed by atoms with Crippen LogP contribution in [0.2, 0.25) is 0 Å². The van der Waals surface area contributed by atoms with E-state index in [1.165, 1.54) is 0 Å². The molecule has 1 aromatic carbocycles. The molecule has 0 radical (unpaired) electrons.